The summed E-state index contributed by atoms with van der Waals surface area (Å²) < 4.78 is 23.3. The summed E-state index contributed by atoms with van der Waals surface area (Å²) in [6.45, 7) is 8.29. The SMILES string of the molecule is C[C@H]1[C@H](CCOCc2ccccc2)OC(C)(C)O[C@H]1C1CO1. The zero-order chi connectivity index (χ0) is 15.6. The van der Waals surface area contributed by atoms with Crippen molar-refractivity contribution < 1.29 is 18.9 Å². The van der Waals surface area contributed by atoms with Gasteiger partial charge in [0.2, 0.25) is 0 Å². The van der Waals surface area contributed by atoms with E-state index >= 15 is 0 Å². The first-order valence-electron chi connectivity index (χ1n) is 8.14. The minimum Gasteiger partial charge on any atom is -0.377 e. The molecule has 0 aliphatic carbocycles. The van der Waals surface area contributed by atoms with Gasteiger partial charge in [-0.05, 0) is 25.8 Å². The molecule has 2 aliphatic heterocycles. The van der Waals surface area contributed by atoms with Gasteiger partial charge in [0.25, 0.3) is 0 Å². The monoisotopic (exact) mass is 306 g/mol. The van der Waals surface area contributed by atoms with E-state index in [9.17, 15) is 0 Å². The van der Waals surface area contributed by atoms with Crippen LogP contribution in [-0.2, 0) is 25.6 Å². The van der Waals surface area contributed by atoms with Crippen molar-refractivity contribution in [2.24, 2.45) is 5.92 Å². The Balaban J connectivity index is 1.48. The molecule has 2 heterocycles. The van der Waals surface area contributed by atoms with E-state index in [-0.39, 0.29) is 18.3 Å². The van der Waals surface area contributed by atoms with Gasteiger partial charge in [-0.2, -0.15) is 0 Å². The van der Waals surface area contributed by atoms with E-state index in [1.54, 1.807) is 0 Å². The molecule has 122 valence electrons. The molecule has 0 saturated carbocycles. The molecule has 4 heteroatoms. The number of epoxide rings is 1. The normalized spacial score (nSPS) is 33.6. The highest BCUT2D eigenvalue weighted by molar-refractivity contribution is 5.13. The van der Waals surface area contributed by atoms with Crippen molar-refractivity contribution in [3.63, 3.8) is 0 Å². The molecule has 0 aromatic heterocycles. The Kier molecular flexibility index (Phi) is 4.83. The largest absolute Gasteiger partial charge is 0.377 e. The van der Waals surface area contributed by atoms with Gasteiger partial charge in [-0.3, -0.25) is 0 Å². The second kappa shape index (κ2) is 6.67. The van der Waals surface area contributed by atoms with Crippen molar-refractivity contribution in [3.05, 3.63) is 35.9 Å². The molecule has 0 amide bonds. The first-order valence-corrected chi connectivity index (χ1v) is 8.14. The number of benzene rings is 1. The molecule has 2 fully saturated rings. The second-order valence-electron chi connectivity index (χ2n) is 6.70. The number of ether oxygens (including phenoxy) is 4. The lowest BCUT2D eigenvalue weighted by Crippen LogP contribution is -2.52. The van der Waals surface area contributed by atoms with E-state index in [0.717, 1.165) is 13.0 Å². The van der Waals surface area contributed by atoms with E-state index in [2.05, 4.69) is 19.1 Å². The topological polar surface area (TPSA) is 40.2 Å². The Morgan fingerprint density at radius 1 is 1.18 bits per heavy atom. The van der Waals surface area contributed by atoms with E-state index in [4.69, 9.17) is 18.9 Å². The summed E-state index contributed by atoms with van der Waals surface area (Å²) >= 11 is 0. The van der Waals surface area contributed by atoms with Crippen LogP contribution in [0.3, 0.4) is 0 Å². The highest BCUT2D eigenvalue weighted by Crippen LogP contribution is 2.37. The van der Waals surface area contributed by atoms with Gasteiger partial charge in [0.15, 0.2) is 5.79 Å². The molecule has 2 saturated heterocycles. The van der Waals surface area contributed by atoms with Crippen molar-refractivity contribution in [3.8, 4) is 0 Å². The third-order valence-corrected chi connectivity index (χ3v) is 4.34. The van der Waals surface area contributed by atoms with E-state index in [1.165, 1.54) is 5.56 Å². The molecule has 22 heavy (non-hydrogen) atoms. The average molecular weight is 306 g/mol. The molecule has 2 aliphatic rings. The molecule has 0 spiro atoms. The molecular formula is C18H26O4. The summed E-state index contributed by atoms with van der Waals surface area (Å²) in [4.78, 5) is 0. The van der Waals surface area contributed by atoms with E-state index < -0.39 is 5.79 Å². The van der Waals surface area contributed by atoms with Gasteiger partial charge in [0.05, 0.1) is 25.4 Å². The molecule has 3 rings (SSSR count). The van der Waals surface area contributed by atoms with Crippen LogP contribution in [-0.4, -0.2) is 37.3 Å². The van der Waals surface area contributed by atoms with Crippen molar-refractivity contribution in [2.75, 3.05) is 13.2 Å². The fourth-order valence-corrected chi connectivity index (χ4v) is 3.09. The van der Waals surface area contributed by atoms with E-state index in [0.29, 0.717) is 19.1 Å². The summed E-state index contributed by atoms with van der Waals surface area (Å²) in [7, 11) is 0. The molecule has 1 aromatic rings. The first-order chi connectivity index (χ1) is 10.6. The summed E-state index contributed by atoms with van der Waals surface area (Å²) in [5.41, 5.74) is 1.20. The lowest BCUT2D eigenvalue weighted by Gasteiger charge is -2.44. The van der Waals surface area contributed by atoms with E-state index in [1.807, 2.05) is 32.0 Å². The van der Waals surface area contributed by atoms with Crippen molar-refractivity contribution in [1.29, 1.82) is 0 Å². The van der Waals surface area contributed by atoms with Gasteiger partial charge >= 0.3 is 0 Å². The summed E-state index contributed by atoms with van der Waals surface area (Å²) in [6.07, 6.45) is 1.40. The molecule has 4 nitrogen and oxygen atoms in total. The van der Waals surface area contributed by atoms with Gasteiger partial charge in [0, 0.05) is 12.5 Å². The van der Waals surface area contributed by atoms with Crippen LogP contribution in [0.5, 0.6) is 0 Å². The maximum Gasteiger partial charge on any atom is 0.163 e. The summed E-state index contributed by atoms with van der Waals surface area (Å²) in [5, 5.41) is 0. The molecule has 0 N–H and O–H groups in total. The van der Waals surface area contributed by atoms with Crippen LogP contribution in [0.2, 0.25) is 0 Å². The van der Waals surface area contributed by atoms with Crippen LogP contribution in [0, 0.1) is 5.92 Å². The quantitative estimate of drug-likeness (QED) is 0.598. The minimum absolute atomic E-state index is 0.128. The third-order valence-electron chi connectivity index (χ3n) is 4.34. The molecular weight excluding hydrogens is 280 g/mol. The van der Waals surface area contributed by atoms with Crippen LogP contribution in [0.15, 0.2) is 30.3 Å². The van der Waals surface area contributed by atoms with Crippen LogP contribution in [0.1, 0.15) is 32.8 Å². The number of hydrogen-bond donors (Lipinski definition) is 0. The standard InChI is InChI=1S/C18H26O4/c1-13-15(9-10-19-11-14-7-5-4-6-8-14)21-18(2,3)22-17(13)16-12-20-16/h4-8,13,15-17H,9-12H2,1-3H3/t13-,15-,16?,17+/m0/s1. The maximum atomic E-state index is 6.09. The fourth-order valence-electron chi connectivity index (χ4n) is 3.09. The van der Waals surface area contributed by atoms with Crippen LogP contribution >= 0.6 is 0 Å². The molecule has 4 atom stereocenters. The predicted molar refractivity (Wildman–Crippen MR) is 83.4 cm³/mol. The fraction of sp³-hybridized carbons (Fsp3) is 0.667. The van der Waals surface area contributed by atoms with Gasteiger partial charge in [-0.1, -0.05) is 37.3 Å². The Morgan fingerprint density at radius 3 is 2.59 bits per heavy atom. The lowest BCUT2D eigenvalue weighted by molar-refractivity contribution is -0.323. The number of hydrogen-bond acceptors (Lipinski definition) is 4. The third kappa shape index (κ3) is 4.07. The Labute approximate surface area is 132 Å². The van der Waals surface area contributed by atoms with Gasteiger partial charge in [-0.15, -0.1) is 0 Å². The maximum absolute atomic E-state index is 6.09. The minimum atomic E-state index is -0.548. The molecule has 0 bridgehead atoms. The summed E-state index contributed by atoms with van der Waals surface area (Å²) in [5.74, 6) is -0.228. The number of rotatable bonds is 6. The Morgan fingerprint density at radius 2 is 1.91 bits per heavy atom. The Hall–Kier alpha value is -0.940. The first kappa shape index (κ1) is 15.9. The van der Waals surface area contributed by atoms with Crippen molar-refractivity contribution >= 4 is 0 Å². The zero-order valence-corrected chi connectivity index (χ0v) is 13.7. The molecule has 1 aromatic carbocycles. The second-order valence-corrected chi connectivity index (χ2v) is 6.70. The Bertz CT molecular complexity index is 469. The van der Waals surface area contributed by atoms with Gasteiger partial charge < -0.3 is 18.9 Å². The van der Waals surface area contributed by atoms with Crippen LogP contribution in [0.4, 0.5) is 0 Å². The average Bonchev–Trinajstić information content (AvgIpc) is 3.32. The highest BCUT2D eigenvalue weighted by atomic mass is 16.7. The van der Waals surface area contributed by atoms with Crippen LogP contribution < -0.4 is 0 Å². The van der Waals surface area contributed by atoms with Gasteiger partial charge in [-0.25, -0.2) is 0 Å². The lowest BCUT2D eigenvalue weighted by atomic mass is 9.91. The van der Waals surface area contributed by atoms with Gasteiger partial charge in [0.1, 0.15) is 6.10 Å². The highest BCUT2D eigenvalue weighted by Gasteiger charge is 2.48. The van der Waals surface area contributed by atoms with Crippen LogP contribution in [0.25, 0.3) is 0 Å². The summed E-state index contributed by atoms with van der Waals surface area (Å²) in [6, 6.07) is 10.2. The van der Waals surface area contributed by atoms with Crippen molar-refractivity contribution in [2.45, 2.75) is 57.9 Å². The molecule has 1 unspecified atom stereocenters. The smallest absolute Gasteiger partial charge is 0.163 e. The zero-order valence-electron chi connectivity index (χ0n) is 13.7. The molecule has 0 radical (unpaired) electrons. The van der Waals surface area contributed by atoms with Crippen molar-refractivity contribution in [1.82, 2.24) is 0 Å². The predicted octanol–water partition coefficient (Wildman–Crippen LogP) is 3.15.